The monoisotopic (exact) mass is 550 g/mol. The molecule has 2 atom stereocenters. The summed E-state index contributed by atoms with van der Waals surface area (Å²) >= 11 is 0. The van der Waals surface area contributed by atoms with E-state index >= 15 is 0 Å². The van der Waals surface area contributed by atoms with Gasteiger partial charge in [0, 0.05) is 17.8 Å². The summed E-state index contributed by atoms with van der Waals surface area (Å²) in [6.45, 7) is 18.6. The summed E-state index contributed by atoms with van der Waals surface area (Å²) in [5, 5.41) is 7.21. The number of ether oxygens (including phenoxy) is 2. The molecule has 1 amide bonds. The first-order valence-electron chi connectivity index (χ1n) is 14.4. The number of H-pyrrole nitrogens is 1. The second-order valence-corrected chi connectivity index (χ2v) is 10.9. The smallest absolute Gasteiger partial charge is 0.287 e. The predicted octanol–water partition coefficient (Wildman–Crippen LogP) is 6.75. The number of hydrogen-bond donors (Lipinski definition) is 2. The molecule has 2 N–H and O–H groups in total. The number of aromatic nitrogens is 2. The van der Waals surface area contributed by atoms with Gasteiger partial charge in [0.25, 0.3) is 5.91 Å². The van der Waals surface area contributed by atoms with Crippen LogP contribution >= 0.6 is 0 Å². The molecule has 218 valence electrons. The van der Waals surface area contributed by atoms with Crippen LogP contribution in [0.5, 0.6) is 0 Å². The van der Waals surface area contributed by atoms with Crippen LogP contribution in [0.2, 0.25) is 0 Å². The molecule has 3 rings (SSSR count). The predicted molar refractivity (Wildman–Crippen MR) is 161 cm³/mol. The van der Waals surface area contributed by atoms with Crippen molar-refractivity contribution < 1.29 is 19.1 Å². The highest BCUT2D eigenvalue weighted by Gasteiger charge is 2.20. The van der Waals surface area contributed by atoms with E-state index in [9.17, 15) is 4.79 Å². The molecule has 8 nitrogen and oxygen atoms in total. The van der Waals surface area contributed by atoms with Crippen molar-refractivity contribution in [1.82, 2.24) is 15.3 Å². The van der Waals surface area contributed by atoms with Gasteiger partial charge in [-0.05, 0) is 87.8 Å². The molecule has 2 aromatic rings. The molecule has 40 heavy (non-hydrogen) atoms. The fraction of sp³-hybridized carbons (Fsp3) is 0.531. The second kappa shape index (κ2) is 15.0. The summed E-state index contributed by atoms with van der Waals surface area (Å²) in [5.74, 6) is 1.35. The van der Waals surface area contributed by atoms with Gasteiger partial charge in [-0.25, -0.2) is 4.98 Å². The van der Waals surface area contributed by atoms with Crippen molar-refractivity contribution >= 4 is 17.7 Å². The molecule has 0 aliphatic carbocycles. The number of aromatic amines is 1. The standard InChI is InChI=1S/C32H46N4O4/c1-9-21(5)15-27(30(22(6)10-2)40-36-20(3)4)17-26-16-25(12-11-23(26)7)29-24(8)34-31(35-29)32(37)33-18-28-19-38-13-14-39-28/h11-12,16-17,21,28H,9-10,13-15,18-19H2,1-8H3,(H,33,37)(H,34,35). The maximum absolute atomic E-state index is 12.8. The molecule has 1 saturated heterocycles. The van der Waals surface area contributed by atoms with Crippen LogP contribution in [-0.2, 0) is 14.3 Å². The zero-order valence-electron chi connectivity index (χ0n) is 25.4. The molecule has 0 bridgehead atoms. The lowest BCUT2D eigenvalue weighted by Crippen LogP contribution is -2.40. The van der Waals surface area contributed by atoms with E-state index in [0.717, 1.165) is 70.0 Å². The number of imidazole rings is 1. The molecule has 1 aromatic heterocycles. The molecule has 0 saturated carbocycles. The molecule has 1 fully saturated rings. The minimum Gasteiger partial charge on any atom is -0.376 e. The van der Waals surface area contributed by atoms with E-state index in [2.05, 4.69) is 73.3 Å². The lowest BCUT2D eigenvalue weighted by molar-refractivity contribution is -0.0855. The maximum Gasteiger partial charge on any atom is 0.287 e. The summed E-state index contributed by atoms with van der Waals surface area (Å²) in [6, 6.07) is 6.28. The number of aryl methyl sites for hydroxylation is 2. The molecule has 0 radical (unpaired) electrons. The minimum absolute atomic E-state index is 0.143. The highest BCUT2D eigenvalue weighted by Crippen LogP contribution is 2.31. The lowest BCUT2D eigenvalue weighted by Gasteiger charge is -2.22. The number of allylic oxidation sites excluding steroid dienone is 2. The summed E-state index contributed by atoms with van der Waals surface area (Å²) in [5.41, 5.74) is 7.93. The fourth-order valence-electron chi connectivity index (χ4n) is 4.37. The second-order valence-electron chi connectivity index (χ2n) is 10.9. The Hall–Kier alpha value is -3.23. The zero-order valence-corrected chi connectivity index (χ0v) is 25.4. The third kappa shape index (κ3) is 8.63. The third-order valence-corrected chi connectivity index (χ3v) is 7.15. The van der Waals surface area contributed by atoms with Crippen molar-refractivity contribution in [3.05, 3.63) is 57.7 Å². The Balaban J connectivity index is 1.94. The van der Waals surface area contributed by atoms with Crippen LogP contribution in [0.3, 0.4) is 0 Å². The van der Waals surface area contributed by atoms with Crippen LogP contribution in [0.1, 0.15) is 88.2 Å². The molecule has 1 aliphatic rings. The van der Waals surface area contributed by atoms with Gasteiger partial charge in [-0.15, -0.1) is 0 Å². The van der Waals surface area contributed by atoms with Crippen LogP contribution in [0.25, 0.3) is 17.3 Å². The van der Waals surface area contributed by atoms with Crippen LogP contribution in [0, 0.1) is 19.8 Å². The quantitative estimate of drug-likeness (QED) is 0.132. The number of hydrogen-bond acceptors (Lipinski definition) is 6. The fourth-order valence-corrected chi connectivity index (χ4v) is 4.37. The molecule has 2 unspecified atom stereocenters. The molecule has 1 aliphatic heterocycles. The van der Waals surface area contributed by atoms with Crippen molar-refractivity contribution in [3.63, 3.8) is 0 Å². The van der Waals surface area contributed by atoms with E-state index in [0.29, 0.717) is 32.3 Å². The SMILES string of the molecule is CCC(C)=C(ON=C(C)C)C(=Cc1cc(-c2nc(C(=O)NCC3COCCO3)[nH]c2C)ccc1C)CC(C)CC. The number of nitrogens with one attached hydrogen (secondary N) is 2. The van der Waals surface area contributed by atoms with Crippen LogP contribution in [0.15, 0.2) is 40.3 Å². The van der Waals surface area contributed by atoms with Gasteiger partial charge < -0.3 is 24.6 Å². The lowest BCUT2D eigenvalue weighted by atomic mass is 9.92. The number of nitrogens with zero attached hydrogens (tertiary/aromatic N) is 2. The number of rotatable bonds is 12. The average Bonchev–Trinajstić information content (AvgIpc) is 3.34. The summed E-state index contributed by atoms with van der Waals surface area (Å²) < 4.78 is 11.0. The van der Waals surface area contributed by atoms with Gasteiger partial charge >= 0.3 is 0 Å². The van der Waals surface area contributed by atoms with Gasteiger partial charge in [0.15, 0.2) is 11.6 Å². The van der Waals surface area contributed by atoms with Gasteiger partial charge in [-0.2, -0.15) is 0 Å². The number of benzene rings is 1. The first kappa shape index (κ1) is 31.3. The molecule has 8 heteroatoms. The van der Waals surface area contributed by atoms with E-state index in [1.165, 1.54) is 0 Å². The summed E-state index contributed by atoms with van der Waals surface area (Å²) in [7, 11) is 0. The number of amides is 1. The molecule has 2 heterocycles. The third-order valence-electron chi connectivity index (χ3n) is 7.15. The normalized spacial score (nSPS) is 17.2. The number of carbonyl (C=O) groups is 1. The molecular formula is C32H46N4O4. The Bertz CT molecular complexity index is 1250. The van der Waals surface area contributed by atoms with Crippen LogP contribution < -0.4 is 5.32 Å². The Morgan fingerprint density at radius 2 is 2.02 bits per heavy atom. The summed E-state index contributed by atoms with van der Waals surface area (Å²) in [6.07, 6.45) is 4.91. The largest absolute Gasteiger partial charge is 0.376 e. The Morgan fingerprint density at radius 3 is 2.67 bits per heavy atom. The highest BCUT2D eigenvalue weighted by molar-refractivity contribution is 5.91. The van der Waals surface area contributed by atoms with Crippen molar-refractivity contribution in [1.29, 1.82) is 0 Å². The van der Waals surface area contributed by atoms with Crippen molar-refractivity contribution in [2.45, 2.75) is 80.8 Å². The molecular weight excluding hydrogens is 504 g/mol. The van der Waals surface area contributed by atoms with E-state index in [-0.39, 0.29) is 17.8 Å². The van der Waals surface area contributed by atoms with Crippen molar-refractivity contribution in [3.8, 4) is 11.3 Å². The molecule has 0 spiro atoms. The number of oxime groups is 1. The Morgan fingerprint density at radius 1 is 1.25 bits per heavy atom. The Kier molecular flexibility index (Phi) is 11.7. The van der Waals surface area contributed by atoms with Crippen LogP contribution in [-0.4, -0.2) is 54.1 Å². The minimum atomic E-state index is -0.264. The first-order chi connectivity index (χ1) is 19.1. The topological polar surface area (TPSA) is 97.8 Å². The van der Waals surface area contributed by atoms with Gasteiger partial charge in [0.05, 0.1) is 37.3 Å². The molecule has 1 aromatic carbocycles. The highest BCUT2D eigenvalue weighted by atomic mass is 16.6. The van der Waals surface area contributed by atoms with Crippen molar-refractivity contribution in [2.24, 2.45) is 11.1 Å². The van der Waals surface area contributed by atoms with Gasteiger partial charge in [0.2, 0.25) is 0 Å². The zero-order chi connectivity index (χ0) is 29.2. The average molecular weight is 551 g/mol. The Labute approximate surface area is 239 Å². The van der Waals surface area contributed by atoms with Gasteiger partial charge in [-0.3, -0.25) is 4.79 Å². The number of carbonyl (C=O) groups excluding carboxylic acids is 1. The van der Waals surface area contributed by atoms with E-state index in [1.807, 2.05) is 26.8 Å². The van der Waals surface area contributed by atoms with E-state index in [1.54, 1.807) is 0 Å². The maximum atomic E-state index is 12.8. The van der Waals surface area contributed by atoms with Crippen molar-refractivity contribution in [2.75, 3.05) is 26.4 Å². The van der Waals surface area contributed by atoms with E-state index in [4.69, 9.17) is 14.3 Å². The van der Waals surface area contributed by atoms with E-state index < -0.39 is 0 Å². The van der Waals surface area contributed by atoms with Crippen LogP contribution in [0.4, 0.5) is 0 Å². The van der Waals surface area contributed by atoms with Gasteiger partial charge in [0.1, 0.15) is 0 Å². The first-order valence-corrected chi connectivity index (χ1v) is 14.4. The van der Waals surface area contributed by atoms with Gasteiger partial charge in [-0.1, -0.05) is 44.5 Å². The summed E-state index contributed by atoms with van der Waals surface area (Å²) in [4.78, 5) is 26.7.